The summed E-state index contributed by atoms with van der Waals surface area (Å²) in [6, 6.07) is -0.855. The molecule has 0 aliphatic rings. The van der Waals surface area contributed by atoms with Crippen LogP contribution < -0.4 is 0 Å². The minimum absolute atomic E-state index is 0.0239. The number of nitroso groups, excluding NO2 is 1. The summed E-state index contributed by atoms with van der Waals surface area (Å²) in [4.78, 5) is 32.3. The van der Waals surface area contributed by atoms with Crippen LogP contribution in [0, 0.1) is 4.91 Å². The highest BCUT2D eigenvalue weighted by molar-refractivity contribution is 5.77. The standard InChI is InChI=1S/C8H14N2O5/c1-10(9-13)6(8(12)15-3)4-5-7(11)14-2/h6H,4-5H2,1-3H3. The Labute approximate surface area is 87.3 Å². The molecule has 0 rings (SSSR count). The molecule has 1 atom stereocenters. The van der Waals surface area contributed by atoms with E-state index < -0.39 is 18.0 Å². The van der Waals surface area contributed by atoms with Crippen LogP contribution >= 0.6 is 0 Å². The maximum Gasteiger partial charge on any atom is 0.330 e. The van der Waals surface area contributed by atoms with Crippen LogP contribution in [0.4, 0.5) is 0 Å². The van der Waals surface area contributed by atoms with E-state index in [4.69, 9.17) is 0 Å². The lowest BCUT2D eigenvalue weighted by atomic mass is 10.1. The Morgan fingerprint density at radius 2 is 1.93 bits per heavy atom. The van der Waals surface area contributed by atoms with Gasteiger partial charge in [0.2, 0.25) is 0 Å². The minimum atomic E-state index is -0.855. The lowest BCUT2D eigenvalue weighted by Crippen LogP contribution is -2.36. The first kappa shape index (κ1) is 13.3. The monoisotopic (exact) mass is 218 g/mol. The van der Waals surface area contributed by atoms with Crippen molar-refractivity contribution in [3.8, 4) is 0 Å². The van der Waals surface area contributed by atoms with Crippen molar-refractivity contribution in [2.24, 2.45) is 5.29 Å². The number of methoxy groups -OCH3 is 2. The topological polar surface area (TPSA) is 85.3 Å². The fourth-order valence-corrected chi connectivity index (χ4v) is 1.01. The van der Waals surface area contributed by atoms with Crippen molar-refractivity contribution in [3.63, 3.8) is 0 Å². The summed E-state index contributed by atoms with van der Waals surface area (Å²) in [7, 11) is 3.79. The average Bonchev–Trinajstić information content (AvgIpc) is 2.27. The predicted octanol–water partition coefficient (Wildman–Crippen LogP) is 0.0944. The van der Waals surface area contributed by atoms with Crippen molar-refractivity contribution in [2.45, 2.75) is 18.9 Å². The van der Waals surface area contributed by atoms with Crippen molar-refractivity contribution in [3.05, 3.63) is 4.91 Å². The molecule has 0 aliphatic carbocycles. The summed E-state index contributed by atoms with van der Waals surface area (Å²) in [5.74, 6) is -1.07. The fraction of sp³-hybridized carbons (Fsp3) is 0.750. The minimum Gasteiger partial charge on any atom is -0.469 e. The molecule has 15 heavy (non-hydrogen) atoms. The van der Waals surface area contributed by atoms with Crippen LogP contribution in [-0.2, 0) is 19.1 Å². The molecule has 86 valence electrons. The average molecular weight is 218 g/mol. The van der Waals surface area contributed by atoms with Crippen LogP contribution in [0.15, 0.2) is 5.29 Å². The Bertz CT molecular complexity index is 243. The van der Waals surface area contributed by atoms with E-state index in [9.17, 15) is 14.5 Å². The van der Waals surface area contributed by atoms with Crippen molar-refractivity contribution in [1.29, 1.82) is 0 Å². The van der Waals surface area contributed by atoms with E-state index in [1.807, 2.05) is 0 Å². The molecule has 0 saturated carbocycles. The highest BCUT2D eigenvalue weighted by atomic mass is 16.5. The van der Waals surface area contributed by atoms with Gasteiger partial charge in [-0.15, -0.1) is 4.91 Å². The second kappa shape index (κ2) is 6.74. The number of esters is 2. The summed E-state index contributed by atoms with van der Waals surface area (Å²) in [5, 5.41) is 3.50. The maximum absolute atomic E-state index is 11.2. The molecule has 0 amide bonds. The molecular weight excluding hydrogens is 204 g/mol. The maximum atomic E-state index is 11.2. The normalized spacial score (nSPS) is 11.4. The molecule has 0 radical (unpaired) electrons. The quantitative estimate of drug-likeness (QED) is 0.357. The summed E-state index contributed by atoms with van der Waals surface area (Å²) in [6.07, 6.45) is 0.151. The molecule has 0 heterocycles. The van der Waals surface area contributed by atoms with Crippen LogP contribution in [0.5, 0.6) is 0 Å². The first-order valence-electron chi connectivity index (χ1n) is 4.27. The zero-order chi connectivity index (χ0) is 11.8. The van der Waals surface area contributed by atoms with Crippen LogP contribution in [0.1, 0.15) is 12.8 Å². The summed E-state index contributed by atoms with van der Waals surface area (Å²) in [5.41, 5.74) is 0. The molecule has 0 fully saturated rings. The van der Waals surface area contributed by atoms with Crippen molar-refractivity contribution in [1.82, 2.24) is 5.01 Å². The largest absolute Gasteiger partial charge is 0.469 e. The van der Waals surface area contributed by atoms with Crippen LogP contribution in [0.25, 0.3) is 0 Å². The number of nitrogens with zero attached hydrogens (tertiary/aromatic N) is 2. The van der Waals surface area contributed by atoms with Crippen molar-refractivity contribution >= 4 is 11.9 Å². The second-order valence-electron chi connectivity index (χ2n) is 2.81. The van der Waals surface area contributed by atoms with E-state index in [1.165, 1.54) is 21.3 Å². The number of carbonyl (C=O) groups is 2. The van der Waals surface area contributed by atoms with E-state index in [2.05, 4.69) is 14.8 Å². The molecule has 0 aromatic carbocycles. The van der Waals surface area contributed by atoms with Crippen LogP contribution in [0.2, 0.25) is 0 Å². The molecule has 0 aliphatic heterocycles. The van der Waals surface area contributed by atoms with E-state index in [1.54, 1.807) is 0 Å². The number of rotatable bonds is 6. The first-order valence-corrected chi connectivity index (χ1v) is 4.27. The number of ether oxygens (including phenoxy) is 2. The highest BCUT2D eigenvalue weighted by Gasteiger charge is 2.25. The Morgan fingerprint density at radius 1 is 1.33 bits per heavy atom. The molecule has 0 spiro atoms. The Hall–Kier alpha value is -1.66. The first-order chi connectivity index (χ1) is 7.06. The Balaban J connectivity index is 4.31. The number of likely N-dealkylation sites (N-methyl/N-ethyl adjacent to an activating group) is 1. The molecular formula is C8H14N2O5. The number of hydrogen-bond acceptors (Lipinski definition) is 6. The van der Waals surface area contributed by atoms with Gasteiger partial charge in [-0.1, -0.05) is 0 Å². The van der Waals surface area contributed by atoms with Gasteiger partial charge in [0.05, 0.1) is 19.5 Å². The zero-order valence-electron chi connectivity index (χ0n) is 8.93. The van der Waals surface area contributed by atoms with Gasteiger partial charge >= 0.3 is 11.9 Å². The van der Waals surface area contributed by atoms with Gasteiger partial charge in [0, 0.05) is 13.5 Å². The number of carbonyl (C=O) groups excluding carboxylic acids is 2. The molecule has 7 heteroatoms. The third-order valence-electron chi connectivity index (χ3n) is 1.90. The van der Waals surface area contributed by atoms with E-state index in [-0.39, 0.29) is 12.8 Å². The van der Waals surface area contributed by atoms with Gasteiger partial charge in [-0.3, -0.25) is 4.79 Å². The van der Waals surface area contributed by atoms with Gasteiger partial charge in [-0.05, 0) is 6.42 Å². The van der Waals surface area contributed by atoms with Gasteiger partial charge < -0.3 is 9.47 Å². The number of hydrogen-bond donors (Lipinski definition) is 0. The lowest BCUT2D eigenvalue weighted by molar-refractivity contribution is -0.147. The summed E-state index contributed by atoms with van der Waals surface area (Å²) < 4.78 is 8.88. The van der Waals surface area contributed by atoms with Crippen molar-refractivity contribution in [2.75, 3.05) is 21.3 Å². The Kier molecular flexibility index (Phi) is 6.00. The van der Waals surface area contributed by atoms with Crippen molar-refractivity contribution < 1.29 is 19.1 Å². The molecule has 0 aromatic rings. The van der Waals surface area contributed by atoms with E-state index in [0.29, 0.717) is 0 Å². The third kappa shape index (κ3) is 4.39. The predicted molar refractivity (Wildman–Crippen MR) is 50.6 cm³/mol. The van der Waals surface area contributed by atoms with Gasteiger partial charge in [-0.2, -0.15) is 0 Å². The van der Waals surface area contributed by atoms with Crippen LogP contribution in [-0.4, -0.2) is 44.3 Å². The Morgan fingerprint density at radius 3 is 2.33 bits per heavy atom. The summed E-state index contributed by atoms with van der Waals surface area (Å²) in [6.45, 7) is 0. The second-order valence-corrected chi connectivity index (χ2v) is 2.81. The van der Waals surface area contributed by atoms with E-state index in [0.717, 1.165) is 5.01 Å². The molecule has 7 nitrogen and oxygen atoms in total. The fourth-order valence-electron chi connectivity index (χ4n) is 1.01. The van der Waals surface area contributed by atoms with Crippen LogP contribution in [0.3, 0.4) is 0 Å². The van der Waals surface area contributed by atoms with Gasteiger partial charge in [0.1, 0.15) is 6.04 Å². The molecule has 0 saturated heterocycles. The van der Waals surface area contributed by atoms with Gasteiger partial charge in [0.25, 0.3) is 0 Å². The third-order valence-corrected chi connectivity index (χ3v) is 1.90. The highest BCUT2D eigenvalue weighted by Crippen LogP contribution is 2.08. The lowest BCUT2D eigenvalue weighted by Gasteiger charge is -2.19. The zero-order valence-corrected chi connectivity index (χ0v) is 8.93. The van der Waals surface area contributed by atoms with E-state index >= 15 is 0 Å². The van der Waals surface area contributed by atoms with Gasteiger partial charge in [0.15, 0.2) is 0 Å². The smallest absolute Gasteiger partial charge is 0.330 e. The summed E-state index contributed by atoms with van der Waals surface area (Å²) >= 11 is 0. The molecule has 0 N–H and O–H groups in total. The van der Waals surface area contributed by atoms with Gasteiger partial charge in [-0.25, -0.2) is 9.80 Å². The molecule has 1 unspecified atom stereocenters. The SMILES string of the molecule is COC(=O)CCC(C(=O)OC)N(C)N=O. The molecule has 0 bridgehead atoms. The molecule has 0 aromatic heterocycles.